The first kappa shape index (κ1) is 13.5. The van der Waals surface area contributed by atoms with Crippen LogP contribution in [0.4, 0.5) is 0 Å². The van der Waals surface area contributed by atoms with E-state index in [1.165, 1.54) is 0 Å². The van der Waals surface area contributed by atoms with Crippen LogP contribution in [0.5, 0.6) is 0 Å². The summed E-state index contributed by atoms with van der Waals surface area (Å²) in [5.74, 6) is 0.611. The van der Waals surface area contributed by atoms with Gasteiger partial charge in [0.05, 0.1) is 22.3 Å². The van der Waals surface area contributed by atoms with E-state index in [0.717, 1.165) is 5.56 Å². The van der Waals surface area contributed by atoms with Crippen molar-refractivity contribution < 1.29 is 0 Å². The van der Waals surface area contributed by atoms with Crippen molar-refractivity contribution >= 4 is 23.8 Å². The molecule has 0 fully saturated rings. The van der Waals surface area contributed by atoms with E-state index in [1.807, 2.05) is 18.2 Å². The standard InChI is InChI=1S/C14H8ClN5S/c15-11-6-9(7-16)3-4-12(11)20-13(18-19-14(20)21)10-2-1-5-17-8-10/h1-6,8H,(H,19,21). The van der Waals surface area contributed by atoms with E-state index in [9.17, 15) is 0 Å². The Bertz CT molecular complexity index is 892. The molecule has 7 heteroatoms. The predicted octanol–water partition coefficient (Wildman–Crippen LogP) is 3.52. The van der Waals surface area contributed by atoms with Crippen LogP contribution in [-0.2, 0) is 0 Å². The second kappa shape index (κ2) is 5.48. The van der Waals surface area contributed by atoms with Gasteiger partial charge in [-0.1, -0.05) is 11.6 Å². The Kier molecular flexibility index (Phi) is 3.52. The molecule has 0 aliphatic rings. The van der Waals surface area contributed by atoms with Gasteiger partial charge >= 0.3 is 0 Å². The number of aromatic nitrogens is 4. The fourth-order valence-corrected chi connectivity index (χ4v) is 2.46. The van der Waals surface area contributed by atoms with E-state index >= 15 is 0 Å². The number of nitriles is 1. The maximum atomic E-state index is 8.91. The molecule has 0 saturated heterocycles. The lowest BCUT2D eigenvalue weighted by Crippen LogP contribution is -1.99. The zero-order valence-corrected chi connectivity index (χ0v) is 12.2. The van der Waals surface area contributed by atoms with Gasteiger partial charge in [0.1, 0.15) is 0 Å². The highest BCUT2D eigenvalue weighted by atomic mass is 35.5. The van der Waals surface area contributed by atoms with Gasteiger partial charge in [-0.3, -0.25) is 14.6 Å². The highest BCUT2D eigenvalue weighted by Crippen LogP contribution is 2.26. The fourth-order valence-electron chi connectivity index (χ4n) is 1.97. The van der Waals surface area contributed by atoms with Gasteiger partial charge in [0.15, 0.2) is 10.6 Å². The van der Waals surface area contributed by atoms with Crippen LogP contribution in [-0.4, -0.2) is 19.7 Å². The molecule has 1 aromatic carbocycles. The van der Waals surface area contributed by atoms with Gasteiger partial charge in [0.25, 0.3) is 0 Å². The van der Waals surface area contributed by atoms with Gasteiger partial charge in [-0.25, -0.2) is 0 Å². The summed E-state index contributed by atoms with van der Waals surface area (Å²) in [7, 11) is 0. The zero-order chi connectivity index (χ0) is 14.8. The number of halogens is 1. The van der Waals surface area contributed by atoms with Crippen LogP contribution >= 0.6 is 23.8 Å². The van der Waals surface area contributed by atoms with Crippen LogP contribution in [0, 0.1) is 16.1 Å². The van der Waals surface area contributed by atoms with Crippen molar-refractivity contribution in [1.82, 2.24) is 19.7 Å². The Hall–Kier alpha value is -2.49. The average molecular weight is 314 g/mol. The Labute approximate surface area is 130 Å². The molecule has 0 aliphatic heterocycles. The van der Waals surface area contributed by atoms with Gasteiger partial charge in [0, 0.05) is 18.0 Å². The maximum Gasteiger partial charge on any atom is 0.200 e. The van der Waals surface area contributed by atoms with E-state index in [2.05, 4.69) is 15.2 Å². The molecule has 102 valence electrons. The summed E-state index contributed by atoms with van der Waals surface area (Å²) in [5, 5.41) is 16.3. The molecule has 0 aliphatic carbocycles. The van der Waals surface area contributed by atoms with Crippen LogP contribution in [0.3, 0.4) is 0 Å². The molecule has 2 aromatic heterocycles. The van der Waals surface area contributed by atoms with Crippen molar-refractivity contribution in [3.8, 4) is 23.1 Å². The largest absolute Gasteiger partial charge is 0.267 e. The highest BCUT2D eigenvalue weighted by Gasteiger charge is 2.13. The number of H-pyrrole nitrogens is 1. The summed E-state index contributed by atoms with van der Waals surface area (Å²) in [6, 6.07) is 10.8. The summed E-state index contributed by atoms with van der Waals surface area (Å²) in [6.07, 6.45) is 3.38. The maximum absolute atomic E-state index is 8.91. The van der Waals surface area contributed by atoms with E-state index in [4.69, 9.17) is 29.1 Å². The van der Waals surface area contributed by atoms with Crippen LogP contribution < -0.4 is 0 Å². The van der Waals surface area contributed by atoms with Gasteiger partial charge in [-0.15, -0.1) is 0 Å². The molecule has 3 aromatic rings. The van der Waals surface area contributed by atoms with Crippen LogP contribution in [0.2, 0.25) is 5.02 Å². The number of hydrogen-bond donors (Lipinski definition) is 1. The average Bonchev–Trinajstić information content (AvgIpc) is 2.89. The van der Waals surface area contributed by atoms with Crippen LogP contribution in [0.1, 0.15) is 5.56 Å². The van der Waals surface area contributed by atoms with Gasteiger partial charge in [-0.05, 0) is 42.5 Å². The lowest BCUT2D eigenvalue weighted by Gasteiger charge is -2.08. The summed E-state index contributed by atoms with van der Waals surface area (Å²) >= 11 is 11.5. The van der Waals surface area contributed by atoms with E-state index in [-0.39, 0.29) is 0 Å². The van der Waals surface area contributed by atoms with Crippen molar-refractivity contribution in [1.29, 1.82) is 5.26 Å². The van der Waals surface area contributed by atoms with Crippen LogP contribution in [0.25, 0.3) is 17.1 Å². The summed E-state index contributed by atoms with van der Waals surface area (Å²) < 4.78 is 2.14. The van der Waals surface area contributed by atoms with Crippen LogP contribution in [0.15, 0.2) is 42.7 Å². The predicted molar refractivity (Wildman–Crippen MR) is 81.7 cm³/mol. The Balaban J connectivity index is 2.23. The minimum Gasteiger partial charge on any atom is -0.267 e. The van der Waals surface area contributed by atoms with E-state index in [0.29, 0.717) is 26.9 Å². The molecule has 3 rings (SSSR count). The van der Waals surface area contributed by atoms with Crippen molar-refractivity contribution in [3.63, 3.8) is 0 Å². The lowest BCUT2D eigenvalue weighted by molar-refractivity contribution is 1.03. The SMILES string of the molecule is N#Cc1ccc(-n2c(-c3cccnc3)n[nH]c2=S)c(Cl)c1. The Morgan fingerprint density at radius 3 is 2.86 bits per heavy atom. The van der Waals surface area contributed by atoms with Crippen molar-refractivity contribution in [2.24, 2.45) is 0 Å². The molecule has 0 unspecified atom stereocenters. The van der Waals surface area contributed by atoms with E-state index < -0.39 is 0 Å². The molecule has 1 N–H and O–H groups in total. The molecular weight excluding hydrogens is 306 g/mol. The Morgan fingerprint density at radius 1 is 1.33 bits per heavy atom. The second-order valence-corrected chi connectivity index (χ2v) is 5.00. The normalized spacial score (nSPS) is 10.3. The number of rotatable bonds is 2. The quantitative estimate of drug-likeness (QED) is 0.735. The zero-order valence-electron chi connectivity index (χ0n) is 10.6. The monoisotopic (exact) mass is 313 g/mol. The first-order chi connectivity index (χ1) is 10.2. The fraction of sp³-hybridized carbons (Fsp3) is 0. The molecule has 0 atom stereocenters. The number of nitrogens with zero attached hydrogens (tertiary/aromatic N) is 4. The molecule has 0 radical (unpaired) electrons. The highest BCUT2D eigenvalue weighted by molar-refractivity contribution is 7.71. The van der Waals surface area contributed by atoms with Gasteiger partial charge in [0.2, 0.25) is 0 Å². The third-order valence-corrected chi connectivity index (χ3v) is 3.49. The third kappa shape index (κ3) is 2.44. The number of hydrogen-bond acceptors (Lipinski definition) is 4. The summed E-state index contributed by atoms with van der Waals surface area (Å²) in [4.78, 5) is 4.08. The molecule has 21 heavy (non-hydrogen) atoms. The molecule has 0 saturated carbocycles. The minimum atomic E-state index is 0.417. The van der Waals surface area contributed by atoms with Crippen molar-refractivity contribution in [3.05, 3.63) is 58.1 Å². The van der Waals surface area contributed by atoms with Gasteiger partial charge in [-0.2, -0.15) is 10.4 Å². The van der Waals surface area contributed by atoms with E-state index in [1.54, 1.807) is 35.2 Å². The Morgan fingerprint density at radius 2 is 2.19 bits per heavy atom. The second-order valence-electron chi connectivity index (χ2n) is 4.21. The minimum absolute atomic E-state index is 0.417. The number of nitrogens with one attached hydrogen (secondary N) is 1. The molecule has 0 bridgehead atoms. The van der Waals surface area contributed by atoms with Crippen molar-refractivity contribution in [2.75, 3.05) is 0 Å². The lowest BCUT2D eigenvalue weighted by atomic mass is 10.2. The first-order valence-corrected chi connectivity index (χ1v) is 6.77. The smallest absolute Gasteiger partial charge is 0.200 e. The third-order valence-electron chi connectivity index (χ3n) is 2.91. The number of aromatic amines is 1. The van der Waals surface area contributed by atoms with Crippen molar-refractivity contribution in [2.45, 2.75) is 0 Å². The molecule has 2 heterocycles. The molecule has 0 spiro atoms. The molecule has 5 nitrogen and oxygen atoms in total. The van der Waals surface area contributed by atoms with Gasteiger partial charge < -0.3 is 0 Å². The molecule has 0 amide bonds. The number of benzene rings is 1. The first-order valence-electron chi connectivity index (χ1n) is 5.98. The summed E-state index contributed by atoms with van der Waals surface area (Å²) in [5.41, 5.74) is 1.96. The summed E-state index contributed by atoms with van der Waals surface area (Å²) in [6.45, 7) is 0. The number of pyridine rings is 1. The molecular formula is C14H8ClN5S. The topological polar surface area (TPSA) is 70.3 Å².